The SMILES string of the molecule is O[C@@H]1CCCCC1Nc1nc2ncc(Cn3cnc4cccnc43)cc2s1. The van der Waals surface area contributed by atoms with Gasteiger partial charge in [-0.2, -0.15) is 0 Å². The van der Waals surface area contributed by atoms with Crippen molar-refractivity contribution < 1.29 is 5.11 Å². The number of anilines is 1. The van der Waals surface area contributed by atoms with E-state index in [2.05, 4.69) is 31.3 Å². The predicted molar refractivity (Wildman–Crippen MR) is 106 cm³/mol. The second-order valence-corrected chi connectivity index (χ2v) is 8.04. The minimum absolute atomic E-state index is 0.0853. The second kappa shape index (κ2) is 6.86. The van der Waals surface area contributed by atoms with Gasteiger partial charge >= 0.3 is 0 Å². The lowest BCUT2D eigenvalue weighted by atomic mass is 9.93. The highest BCUT2D eigenvalue weighted by Crippen LogP contribution is 2.29. The Kier molecular flexibility index (Phi) is 4.21. The van der Waals surface area contributed by atoms with E-state index >= 15 is 0 Å². The number of aromatic nitrogens is 5. The Morgan fingerprint density at radius 3 is 3.07 bits per heavy atom. The number of imidazole rings is 1. The number of aliphatic hydroxyl groups excluding tert-OH is 1. The largest absolute Gasteiger partial charge is 0.391 e. The van der Waals surface area contributed by atoms with E-state index in [1.54, 1.807) is 17.5 Å². The molecule has 8 heteroatoms. The zero-order chi connectivity index (χ0) is 18.2. The highest BCUT2D eigenvalue weighted by Gasteiger charge is 2.23. The Balaban J connectivity index is 1.39. The van der Waals surface area contributed by atoms with Crippen LogP contribution >= 0.6 is 11.3 Å². The summed E-state index contributed by atoms with van der Waals surface area (Å²) in [4.78, 5) is 17.9. The number of thiazole rings is 1. The first-order valence-electron chi connectivity index (χ1n) is 9.22. The maximum atomic E-state index is 10.2. The van der Waals surface area contributed by atoms with Crippen LogP contribution in [0.1, 0.15) is 31.2 Å². The molecule has 1 fully saturated rings. The van der Waals surface area contributed by atoms with E-state index in [0.29, 0.717) is 6.54 Å². The Hall–Kier alpha value is -2.58. The van der Waals surface area contributed by atoms with Crippen LogP contribution in [0, 0.1) is 0 Å². The molecule has 0 spiro atoms. The average Bonchev–Trinajstić information content (AvgIpc) is 3.27. The summed E-state index contributed by atoms with van der Waals surface area (Å²) < 4.78 is 3.06. The molecular weight excluding hydrogens is 360 g/mol. The molecule has 5 rings (SSSR count). The van der Waals surface area contributed by atoms with Gasteiger partial charge in [0, 0.05) is 12.4 Å². The summed E-state index contributed by atoms with van der Waals surface area (Å²) >= 11 is 1.59. The molecule has 4 aromatic rings. The Labute approximate surface area is 160 Å². The maximum Gasteiger partial charge on any atom is 0.185 e. The van der Waals surface area contributed by atoms with E-state index in [4.69, 9.17) is 0 Å². The second-order valence-electron chi connectivity index (χ2n) is 7.01. The first-order valence-corrected chi connectivity index (χ1v) is 10.0. The molecule has 0 radical (unpaired) electrons. The topological polar surface area (TPSA) is 88.8 Å². The molecule has 0 amide bonds. The van der Waals surface area contributed by atoms with Gasteiger partial charge in [-0.25, -0.2) is 19.9 Å². The van der Waals surface area contributed by atoms with Crippen LogP contribution in [0.5, 0.6) is 0 Å². The van der Waals surface area contributed by atoms with E-state index in [0.717, 1.165) is 57.9 Å². The van der Waals surface area contributed by atoms with Gasteiger partial charge in [0.25, 0.3) is 0 Å². The summed E-state index contributed by atoms with van der Waals surface area (Å²) in [5, 5.41) is 14.4. The van der Waals surface area contributed by atoms with E-state index < -0.39 is 0 Å². The van der Waals surface area contributed by atoms with Gasteiger partial charge in [0.1, 0.15) is 5.52 Å². The van der Waals surface area contributed by atoms with Crippen molar-refractivity contribution in [1.82, 2.24) is 24.5 Å². The summed E-state index contributed by atoms with van der Waals surface area (Å²) in [6.45, 7) is 0.665. The minimum Gasteiger partial charge on any atom is -0.391 e. The summed E-state index contributed by atoms with van der Waals surface area (Å²) in [6, 6.07) is 6.06. The van der Waals surface area contributed by atoms with Gasteiger partial charge in [-0.15, -0.1) is 0 Å². The van der Waals surface area contributed by atoms with Gasteiger partial charge in [-0.1, -0.05) is 24.2 Å². The fourth-order valence-corrected chi connectivity index (χ4v) is 4.61. The fraction of sp³-hybridized carbons (Fsp3) is 0.368. The maximum absolute atomic E-state index is 10.2. The summed E-state index contributed by atoms with van der Waals surface area (Å²) in [6.07, 6.45) is 9.24. The number of hydrogen-bond donors (Lipinski definition) is 2. The molecule has 4 aromatic heterocycles. The van der Waals surface area contributed by atoms with Gasteiger partial charge in [0.2, 0.25) is 0 Å². The van der Waals surface area contributed by atoms with Crippen LogP contribution in [-0.4, -0.2) is 41.8 Å². The van der Waals surface area contributed by atoms with Gasteiger partial charge in [-0.05, 0) is 36.6 Å². The van der Waals surface area contributed by atoms with Crippen molar-refractivity contribution in [3.8, 4) is 0 Å². The lowest BCUT2D eigenvalue weighted by Gasteiger charge is -2.27. The molecule has 7 nitrogen and oxygen atoms in total. The number of pyridine rings is 2. The zero-order valence-corrected chi connectivity index (χ0v) is 15.6. The van der Waals surface area contributed by atoms with Crippen molar-refractivity contribution in [3.05, 3.63) is 42.5 Å². The molecule has 2 atom stereocenters. The summed E-state index contributed by atoms with van der Waals surface area (Å²) in [5.74, 6) is 0. The van der Waals surface area contributed by atoms with Crippen LogP contribution < -0.4 is 5.32 Å². The van der Waals surface area contributed by atoms with Crippen molar-refractivity contribution in [2.75, 3.05) is 5.32 Å². The lowest BCUT2D eigenvalue weighted by Crippen LogP contribution is -2.36. The van der Waals surface area contributed by atoms with Crippen molar-refractivity contribution in [2.24, 2.45) is 0 Å². The van der Waals surface area contributed by atoms with Gasteiger partial charge in [0.15, 0.2) is 16.4 Å². The molecule has 27 heavy (non-hydrogen) atoms. The van der Waals surface area contributed by atoms with Crippen LogP contribution in [0.2, 0.25) is 0 Å². The van der Waals surface area contributed by atoms with Gasteiger partial charge < -0.3 is 15.0 Å². The molecule has 0 saturated heterocycles. The first-order chi connectivity index (χ1) is 13.3. The average molecular weight is 380 g/mol. The molecule has 0 aromatic carbocycles. The van der Waals surface area contributed by atoms with Crippen molar-refractivity contribution in [2.45, 2.75) is 44.4 Å². The molecule has 1 unspecified atom stereocenters. The molecule has 2 N–H and O–H groups in total. The van der Waals surface area contributed by atoms with Crippen LogP contribution in [-0.2, 0) is 6.54 Å². The molecule has 1 aliphatic rings. The third-order valence-corrected chi connectivity index (χ3v) is 5.99. The number of aliphatic hydroxyl groups is 1. The normalized spacial score (nSPS) is 20.3. The van der Waals surface area contributed by atoms with Gasteiger partial charge in [-0.3, -0.25) is 0 Å². The van der Waals surface area contributed by atoms with Crippen LogP contribution in [0.15, 0.2) is 36.9 Å². The molecular formula is C19H20N6OS. The van der Waals surface area contributed by atoms with E-state index in [1.165, 1.54) is 0 Å². The van der Waals surface area contributed by atoms with Crippen LogP contribution in [0.25, 0.3) is 21.5 Å². The standard InChI is InChI=1S/C19H20N6OS/c26-15-6-2-1-4-13(15)23-19-24-17-16(27-19)8-12(9-21-17)10-25-11-22-14-5-3-7-20-18(14)25/h3,5,7-9,11,13,15,26H,1-2,4,6,10H2,(H,21,23,24)/t13?,15-/m1/s1. The quantitative estimate of drug-likeness (QED) is 0.565. The van der Waals surface area contributed by atoms with Crippen molar-refractivity contribution in [3.63, 3.8) is 0 Å². The van der Waals surface area contributed by atoms with Gasteiger partial charge in [0.05, 0.1) is 29.7 Å². The van der Waals surface area contributed by atoms with Crippen molar-refractivity contribution >= 4 is 38.0 Å². The third-order valence-electron chi connectivity index (χ3n) is 5.07. The lowest BCUT2D eigenvalue weighted by molar-refractivity contribution is 0.116. The van der Waals surface area contributed by atoms with Crippen molar-refractivity contribution in [1.29, 1.82) is 0 Å². The number of nitrogens with zero attached hydrogens (tertiary/aromatic N) is 5. The van der Waals surface area contributed by atoms with Crippen LogP contribution in [0.3, 0.4) is 0 Å². The number of nitrogens with one attached hydrogen (secondary N) is 1. The summed E-state index contributed by atoms with van der Waals surface area (Å²) in [5.41, 5.74) is 3.59. The molecule has 1 saturated carbocycles. The molecule has 4 heterocycles. The Bertz CT molecular complexity index is 1090. The monoisotopic (exact) mass is 380 g/mol. The number of fused-ring (bicyclic) bond motifs is 2. The Morgan fingerprint density at radius 2 is 2.15 bits per heavy atom. The number of rotatable bonds is 4. The van der Waals surface area contributed by atoms with E-state index in [1.807, 2.05) is 29.2 Å². The smallest absolute Gasteiger partial charge is 0.185 e. The first kappa shape index (κ1) is 16.6. The summed E-state index contributed by atoms with van der Waals surface area (Å²) in [7, 11) is 0. The van der Waals surface area contributed by atoms with E-state index in [-0.39, 0.29) is 12.1 Å². The fourth-order valence-electron chi connectivity index (χ4n) is 3.66. The minimum atomic E-state index is -0.295. The molecule has 1 aliphatic carbocycles. The highest BCUT2D eigenvalue weighted by atomic mass is 32.1. The zero-order valence-electron chi connectivity index (χ0n) is 14.7. The molecule has 0 aliphatic heterocycles. The third kappa shape index (κ3) is 3.26. The van der Waals surface area contributed by atoms with E-state index in [9.17, 15) is 5.11 Å². The molecule has 138 valence electrons. The Morgan fingerprint density at radius 1 is 1.22 bits per heavy atom. The predicted octanol–water partition coefficient (Wildman–Crippen LogP) is 3.20. The highest BCUT2D eigenvalue weighted by molar-refractivity contribution is 7.22. The molecule has 0 bridgehead atoms. The van der Waals surface area contributed by atoms with Crippen LogP contribution in [0.4, 0.5) is 5.13 Å². The number of hydrogen-bond acceptors (Lipinski definition) is 7.